The van der Waals surface area contributed by atoms with Crippen molar-refractivity contribution in [1.29, 1.82) is 0 Å². The molecule has 0 saturated heterocycles. The van der Waals surface area contributed by atoms with Crippen LogP contribution in [-0.2, 0) is 26.1 Å². The number of nitrogens with one attached hydrogen (secondary N) is 2. The van der Waals surface area contributed by atoms with Crippen molar-refractivity contribution in [2.24, 2.45) is 0 Å². The molecule has 4 rings (SSSR count). The zero-order valence-corrected chi connectivity index (χ0v) is 14.9. The molecule has 3 aromatic rings. The molecular weight excluding hydrogens is 326 g/mol. The van der Waals surface area contributed by atoms with E-state index in [0.29, 0.717) is 0 Å². The van der Waals surface area contributed by atoms with Gasteiger partial charge in [0, 0.05) is 68.5 Å². The van der Waals surface area contributed by atoms with Gasteiger partial charge in [0.25, 0.3) is 0 Å². The van der Waals surface area contributed by atoms with Crippen molar-refractivity contribution in [3.63, 3.8) is 0 Å². The Morgan fingerprint density at radius 1 is 1.23 bits per heavy atom. The quantitative estimate of drug-likeness (QED) is 0.638. The molecule has 0 spiro atoms. The lowest BCUT2D eigenvalue weighted by atomic mass is 10.2. The lowest BCUT2D eigenvalue weighted by Crippen LogP contribution is -2.12. The Kier molecular flexibility index (Phi) is 4.88. The summed E-state index contributed by atoms with van der Waals surface area (Å²) >= 11 is 0. The van der Waals surface area contributed by atoms with Gasteiger partial charge in [0.2, 0.25) is 0 Å². The largest absolute Gasteiger partial charge is 0.370 e. The van der Waals surface area contributed by atoms with E-state index in [1.165, 1.54) is 5.56 Å². The number of aryl methyl sites for hydroxylation is 2. The summed E-state index contributed by atoms with van der Waals surface area (Å²) in [6.07, 6.45) is 9.45. The van der Waals surface area contributed by atoms with Gasteiger partial charge < -0.3 is 15.2 Å². The number of nitrogens with zero attached hydrogens (tertiary/aromatic N) is 5. The SMILES string of the molecule is CCc1nccn1CCCNc1nc(-c2cccnc2)nc2c1CNC2. The molecule has 0 bridgehead atoms. The molecule has 1 aliphatic heterocycles. The van der Waals surface area contributed by atoms with Crippen LogP contribution in [0.2, 0.25) is 0 Å². The van der Waals surface area contributed by atoms with Crippen LogP contribution in [0.4, 0.5) is 5.82 Å². The first-order valence-corrected chi connectivity index (χ1v) is 9.10. The Morgan fingerprint density at radius 3 is 3.04 bits per heavy atom. The van der Waals surface area contributed by atoms with Crippen LogP contribution < -0.4 is 10.6 Å². The maximum absolute atomic E-state index is 4.76. The molecule has 26 heavy (non-hydrogen) atoms. The highest BCUT2D eigenvalue weighted by Crippen LogP contribution is 2.25. The zero-order valence-electron chi connectivity index (χ0n) is 14.9. The number of fused-ring (bicyclic) bond motifs is 1. The van der Waals surface area contributed by atoms with E-state index in [1.54, 1.807) is 12.4 Å². The number of aromatic nitrogens is 5. The van der Waals surface area contributed by atoms with Gasteiger partial charge in [-0.25, -0.2) is 15.0 Å². The molecule has 4 heterocycles. The first-order chi connectivity index (χ1) is 12.8. The van der Waals surface area contributed by atoms with Crippen molar-refractivity contribution in [2.75, 3.05) is 11.9 Å². The molecule has 7 nitrogen and oxygen atoms in total. The summed E-state index contributed by atoms with van der Waals surface area (Å²) in [5.41, 5.74) is 3.19. The minimum absolute atomic E-state index is 0.728. The molecule has 7 heteroatoms. The maximum atomic E-state index is 4.76. The predicted molar refractivity (Wildman–Crippen MR) is 101 cm³/mol. The van der Waals surface area contributed by atoms with Gasteiger partial charge in [-0.1, -0.05) is 6.92 Å². The molecule has 2 N–H and O–H groups in total. The number of imidazole rings is 1. The fourth-order valence-corrected chi connectivity index (χ4v) is 3.25. The van der Waals surface area contributed by atoms with Crippen LogP contribution in [0.3, 0.4) is 0 Å². The minimum atomic E-state index is 0.728. The molecule has 134 valence electrons. The van der Waals surface area contributed by atoms with E-state index in [9.17, 15) is 0 Å². The van der Waals surface area contributed by atoms with Crippen molar-refractivity contribution < 1.29 is 0 Å². The fraction of sp³-hybridized carbons (Fsp3) is 0.368. The summed E-state index contributed by atoms with van der Waals surface area (Å²) in [6.45, 7) is 5.55. The van der Waals surface area contributed by atoms with Crippen molar-refractivity contribution in [2.45, 2.75) is 39.4 Å². The summed E-state index contributed by atoms with van der Waals surface area (Å²) in [4.78, 5) is 18.0. The maximum Gasteiger partial charge on any atom is 0.163 e. The predicted octanol–water partition coefficient (Wildman–Crippen LogP) is 2.40. The van der Waals surface area contributed by atoms with E-state index < -0.39 is 0 Å². The lowest BCUT2D eigenvalue weighted by molar-refractivity contribution is 0.628. The van der Waals surface area contributed by atoms with Gasteiger partial charge in [-0.05, 0) is 18.6 Å². The van der Waals surface area contributed by atoms with E-state index in [-0.39, 0.29) is 0 Å². The first kappa shape index (κ1) is 16.7. The third-order valence-electron chi connectivity index (χ3n) is 4.59. The van der Waals surface area contributed by atoms with Crippen LogP contribution in [0.15, 0.2) is 36.9 Å². The Hall–Kier alpha value is -2.80. The van der Waals surface area contributed by atoms with Crippen molar-refractivity contribution in [3.05, 3.63) is 54.0 Å². The molecule has 0 unspecified atom stereocenters. The van der Waals surface area contributed by atoms with Crippen LogP contribution in [-0.4, -0.2) is 31.0 Å². The number of rotatable bonds is 7. The normalized spacial score (nSPS) is 13.0. The molecule has 3 aromatic heterocycles. The van der Waals surface area contributed by atoms with Crippen LogP contribution in [0, 0.1) is 0 Å². The minimum Gasteiger partial charge on any atom is -0.370 e. The molecule has 0 aliphatic carbocycles. The van der Waals surface area contributed by atoms with E-state index in [1.807, 2.05) is 24.5 Å². The fourth-order valence-electron chi connectivity index (χ4n) is 3.25. The first-order valence-electron chi connectivity index (χ1n) is 9.10. The molecule has 0 saturated carbocycles. The van der Waals surface area contributed by atoms with Gasteiger partial charge in [0.1, 0.15) is 11.6 Å². The molecular formula is C19H23N7. The Labute approximate surface area is 152 Å². The highest BCUT2D eigenvalue weighted by molar-refractivity contribution is 5.59. The average molecular weight is 349 g/mol. The third-order valence-corrected chi connectivity index (χ3v) is 4.59. The number of hydrogen-bond donors (Lipinski definition) is 2. The summed E-state index contributed by atoms with van der Waals surface area (Å²) in [7, 11) is 0. The van der Waals surface area contributed by atoms with Gasteiger partial charge in [-0.15, -0.1) is 0 Å². The van der Waals surface area contributed by atoms with E-state index in [4.69, 9.17) is 9.97 Å². The summed E-state index contributed by atoms with van der Waals surface area (Å²) < 4.78 is 2.22. The zero-order chi connectivity index (χ0) is 17.8. The van der Waals surface area contributed by atoms with E-state index in [0.717, 1.165) is 67.7 Å². The van der Waals surface area contributed by atoms with E-state index in [2.05, 4.69) is 32.1 Å². The van der Waals surface area contributed by atoms with Crippen LogP contribution in [0.25, 0.3) is 11.4 Å². The Morgan fingerprint density at radius 2 is 2.19 bits per heavy atom. The third kappa shape index (κ3) is 3.43. The van der Waals surface area contributed by atoms with E-state index >= 15 is 0 Å². The second-order valence-corrected chi connectivity index (χ2v) is 6.34. The summed E-state index contributed by atoms with van der Waals surface area (Å²) in [5.74, 6) is 2.79. The average Bonchev–Trinajstić information content (AvgIpc) is 3.34. The molecule has 0 fully saturated rings. The number of anilines is 1. The smallest absolute Gasteiger partial charge is 0.163 e. The van der Waals surface area contributed by atoms with Gasteiger partial charge in [-0.2, -0.15) is 0 Å². The number of hydrogen-bond acceptors (Lipinski definition) is 6. The van der Waals surface area contributed by atoms with Crippen LogP contribution in [0.1, 0.15) is 30.4 Å². The monoisotopic (exact) mass is 349 g/mol. The topological polar surface area (TPSA) is 80.6 Å². The summed E-state index contributed by atoms with van der Waals surface area (Å²) in [6, 6.07) is 3.90. The molecule has 0 aromatic carbocycles. The number of pyridine rings is 1. The van der Waals surface area contributed by atoms with Crippen molar-refractivity contribution in [3.8, 4) is 11.4 Å². The van der Waals surface area contributed by atoms with Crippen molar-refractivity contribution in [1.82, 2.24) is 29.8 Å². The van der Waals surface area contributed by atoms with Gasteiger partial charge in [-0.3, -0.25) is 4.98 Å². The molecule has 0 atom stereocenters. The van der Waals surface area contributed by atoms with Gasteiger partial charge >= 0.3 is 0 Å². The second-order valence-electron chi connectivity index (χ2n) is 6.34. The van der Waals surface area contributed by atoms with Crippen LogP contribution >= 0.6 is 0 Å². The van der Waals surface area contributed by atoms with Crippen molar-refractivity contribution >= 4 is 5.82 Å². The highest BCUT2D eigenvalue weighted by atomic mass is 15.1. The Balaban J connectivity index is 1.47. The molecule has 0 amide bonds. The summed E-state index contributed by atoms with van der Waals surface area (Å²) in [5, 5.41) is 6.87. The Bertz CT molecular complexity index is 873. The second kappa shape index (κ2) is 7.61. The van der Waals surface area contributed by atoms with Gasteiger partial charge in [0.05, 0.1) is 5.69 Å². The van der Waals surface area contributed by atoms with Gasteiger partial charge in [0.15, 0.2) is 5.82 Å². The lowest BCUT2D eigenvalue weighted by Gasteiger charge is -2.12. The molecule has 1 aliphatic rings. The van der Waals surface area contributed by atoms with Crippen LogP contribution in [0.5, 0.6) is 0 Å². The molecule has 0 radical (unpaired) electrons. The highest BCUT2D eigenvalue weighted by Gasteiger charge is 2.19. The standard InChI is InChI=1S/C19H23N7/c1-2-17-22-8-10-26(17)9-4-7-23-19-15-12-21-13-16(15)24-18(25-19)14-5-3-6-20-11-14/h3,5-6,8,10-11,21H,2,4,7,9,12-13H2,1H3,(H,23,24,25).